The SMILES string of the molecule is O=C(COc1ccc(Br)cc1/C=C1\S/C(=N/N=C\c2cc(Br)ccc2O)N(Cc2ccco2)C1=O)Nc1ccc(Cl)cc1. The van der Waals surface area contributed by atoms with Crippen LogP contribution in [0.5, 0.6) is 11.5 Å². The van der Waals surface area contributed by atoms with E-state index in [1.54, 1.807) is 72.8 Å². The van der Waals surface area contributed by atoms with E-state index in [2.05, 4.69) is 47.4 Å². The number of ether oxygens (including phenoxy) is 1. The van der Waals surface area contributed by atoms with Crippen molar-refractivity contribution < 1.29 is 23.8 Å². The van der Waals surface area contributed by atoms with E-state index in [9.17, 15) is 14.7 Å². The van der Waals surface area contributed by atoms with Crippen molar-refractivity contribution in [3.05, 3.63) is 115 Å². The molecule has 1 saturated heterocycles. The summed E-state index contributed by atoms with van der Waals surface area (Å²) in [5.74, 6) is 0.339. The molecule has 1 aliphatic heterocycles. The Morgan fingerprint density at radius 1 is 1.07 bits per heavy atom. The number of carbonyl (C=O) groups is 2. The van der Waals surface area contributed by atoms with Crippen molar-refractivity contribution in [2.75, 3.05) is 11.9 Å². The molecule has 1 aromatic heterocycles. The number of benzene rings is 3. The lowest BCUT2D eigenvalue weighted by molar-refractivity contribution is -0.122. The molecular weight excluding hydrogens is 724 g/mol. The van der Waals surface area contributed by atoms with E-state index in [-0.39, 0.29) is 30.7 Å². The summed E-state index contributed by atoms with van der Waals surface area (Å²) in [4.78, 5) is 27.9. The van der Waals surface area contributed by atoms with Gasteiger partial charge in [-0.2, -0.15) is 5.10 Å². The lowest BCUT2D eigenvalue weighted by Crippen LogP contribution is -2.28. The van der Waals surface area contributed by atoms with Crippen LogP contribution in [0.1, 0.15) is 16.9 Å². The van der Waals surface area contributed by atoms with Gasteiger partial charge in [-0.3, -0.25) is 14.5 Å². The maximum Gasteiger partial charge on any atom is 0.267 e. The Kier molecular flexibility index (Phi) is 10.0. The maximum atomic E-state index is 13.6. The zero-order chi connectivity index (χ0) is 30.3. The summed E-state index contributed by atoms with van der Waals surface area (Å²) in [5.41, 5.74) is 1.62. The quantitative estimate of drug-likeness (QED) is 0.103. The Labute approximate surface area is 272 Å². The van der Waals surface area contributed by atoms with Gasteiger partial charge >= 0.3 is 0 Å². The zero-order valence-electron chi connectivity index (χ0n) is 22.0. The molecule has 2 N–H and O–H groups in total. The third-order valence-electron chi connectivity index (χ3n) is 5.86. The topological polar surface area (TPSA) is 117 Å². The number of amides is 2. The van der Waals surface area contributed by atoms with Crippen LogP contribution in [0.2, 0.25) is 5.02 Å². The lowest BCUT2D eigenvalue weighted by Gasteiger charge is -2.13. The van der Waals surface area contributed by atoms with E-state index in [1.165, 1.54) is 23.4 Å². The van der Waals surface area contributed by atoms with E-state index in [0.717, 1.165) is 20.7 Å². The second-order valence-corrected chi connectivity index (χ2v) is 12.2. The Morgan fingerprint density at radius 3 is 2.56 bits per heavy atom. The van der Waals surface area contributed by atoms with Gasteiger partial charge in [0.1, 0.15) is 17.3 Å². The van der Waals surface area contributed by atoms with Crippen LogP contribution in [0.3, 0.4) is 0 Å². The standard InChI is InChI=1S/C30H21Br2ClN4O5S/c31-20-3-9-25(38)19(13-20)15-34-36-30-37(16-24-2-1-11-41-24)29(40)27(43-30)14-18-12-21(32)4-10-26(18)42-17-28(39)35-23-7-5-22(33)6-8-23/h1-15,38H,16-17H2,(H,35,39)/b27-14-,34-15-,36-30+. The number of hydrogen-bond donors (Lipinski definition) is 2. The molecule has 0 aliphatic carbocycles. The first kappa shape index (κ1) is 30.6. The van der Waals surface area contributed by atoms with Gasteiger partial charge in [0, 0.05) is 30.8 Å². The van der Waals surface area contributed by atoms with Gasteiger partial charge in [0.15, 0.2) is 11.8 Å². The summed E-state index contributed by atoms with van der Waals surface area (Å²) in [5, 5.41) is 22.2. The Hall–Kier alpha value is -3.84. The second-order valence-electron chi connectivity index (χ2n) is 8.94. The monoisotopic (exact) mass is 742 g/mol. The van der Waals surface area contributed by atoms with Crippen LogP contribution >= 0.6 is 55.2 Å². The van der Waals surface area contributed by atoms with E-state index in [0.29, 0.717) is 43.4 Å². The van der Waals surface area contributed by atoms with Crippen molar-refractivity contribution >= 4 is 90.2 Å². The van der Waals surface area contributed by atoms with Gasteiger partial charge in [-0.15, -0.1) is 5.10 Å². The summed E-state index contributed by atoms with van der Waals surface area (Å²) in [6, 6.07) is 20.4. The van der Waals surface area contributed by atoms with Crippen molar-refractivity contribution in [3.8, 4) is 11.5 Å². The molecule has 43 heavy (non-hydrogen) atoms. The first-order chi connectivity index (χ1) is 20.7. The Bertz CT molecular complexity index is 1740. The summed E-state index contributed by atoms with van der Waals surface area (Å²) < 4.78 is 12.8. The molecular formula is C30H21Br2ClN4O5S. The number of rotatable bonds is 9. The molecule has 1 fully saturated rings. The van der Waals surface area contributed by atoms with Crippen molar-refractivity contribution in [3.63, 3.8) is 0 Å². The van der Waals surface area contributed by atoms with Gasteiger partial charge in [-0.1, -0.05) is 43.5 Å². The molecule has 4 aromatic rings. The Morgan fingerprint density at radius 2 is 1.81 bits per heavy atom. The van der Waals surface area contributed by atoms with E-state index < -0.39 is 0 Å². The third kappa shape index (κ3) is 8.17. The summed E-state index contributed by atoms with van der Waals surface area (Å²) in [6.07, 6.45) is 4.60. The number of aromatic hydroxyl groups is 1. The molecule has 13 heteroatoms. The molecule has 2 amide bonds. The van der Waals surface area contributed by atoms with E-state index in [1.807, 2.05) is 0 Å². The molecule has 3 aromatic carbocycles. The number of halogens is 3. The van der Waals surface area contributed by atoms with Crippen LogP contribution in [-0.4, -0.2) is 39.8 Å². The number of phenols is 1. The largest absolute Gasteiger partial charge is 0.507 e. The number of nitrogens with zero attached hydrogens (tertiary/aromatic N) is 3. The molecule has 0 spiro atoms. The van der Waals surface area contributed by atoms with Gasteiger partial charge in [-0.25, -0.2) is 0 Å². The van der Waals surface area contributed by atoms with E-state index >= 15 is 0 Å². The van der Waals surface area contributed by atoms with Crippen LogP contribution in [0.15, 0.2) is 108 Å². The number of thioether (sulfide) groups is 1. The van der Waals surface area contributed by atoms with Crippen molar-refractivity contribution in [2.45, 2.75) is 6.54 Å². The minimum atomic E-state index is -0.358. The molecule has 0 saturated carbocycles. The molecule has 0 atom stereocenters. The van der Waals surface area contributed by atoms with Gasteiger partial charge < -0.3 is 19.6 Å². The summed E-state index contributed by atoms with van der Waals surface area (Å²) >= 11 is 13.9. The number of amidine groups is 1. The molecule has 9 nitrogen and oxygen atoms in total. The van der Waals surface area contributed by atoms with Gasteiger partial charge in [0.05, 0.1) is 23.9 Å². The smallest absolute Gasteiger partial charge is 0.267 e. The normalized spacial score (nSPS) is 15.1. The van der Waals surface area contributed by atoms with Gasteiger partial charge in [-0.05, 0) is 90.6 Å². The zero-order valence-corrected chi connectivity index (χ0v) is 26.8. The summed E-state index contributed by atoms with van der Waals surface area (Å²) in [7, 11) is 0. The minimum absolute atomic E-state index is 0.0411. The fraction of sp³-hybridized carbons (Fsp3) is 0.0667. The lowest BCUT2D eigenvalue weighted by atomic mass is 10.2. The highest BCUT2D eigenvalue weighted by Gasteiger charge is 2.34. The molecule has 218 valence electrons. The van der Waals surface area contributed by atoms with Crippen LogP contribution in [0.4, 0.5) is 5.69 Å². The molecule has 0 unspecified atom stereocenters. The molecule has 0 radical (unpaired) electrons. The van der Waals surface area contributed by atoms with E-state index in [4.69, 9.17) is 20.8 Å². The van der Waals surface area contributed by atoms with Crippen LogP contribution in [0.25, 0.3) is 6.08 Å². The Balaban J connectivity index is 1.38. The van der Waals surface area contributed by atoms with Crippen molar-refractivity contribution in [1.82, 2.24) is 4.90 Å². The van der Waals surface area contributed by atoms with Gasteiger partial charge in [0.25, 0.3) is 11.8 Å². The minimum Gasteiger partial charge on any atom is -0.507 e. The second kappa shape index (κ2) is 14.1. The predicted molar refractivity (Wildman–Crippen MR) is 175 cm³/mol. The summed E-state index contributed by atoms with van der Waals surface area (Å²) in [6.45, 7) is -0.116. The number of hydrogen-bond acceptors (Lipinski definition) is 8. The number of carbonyl (C=O) groups excluding carboxylic acids is 2. The highest BCUT2D eigenvalue weighted by Crippen LogP contribution is 2.36. The molecule has 5 rings (SSSR count). The van der Waals surface area contributed by atoms with Crippen LogP contribution in [-0.2, 0) is 16.1 Å². The molecule has 0 bridgehead atoms. The fourth-order valence-corrected chi connectivity index (χ4v) is 5.64. The highest BCUT2D eigenvalue weighted by molar-refractivity contribution is 9.10. The van der Waals surface area contributed by atoms with Crippen LogP contribution in [0, 0.1) is 0 Å². The third-order valence-corrected chi connectivity index (χ3v) is 8.09. The molecule has 2 heterocycles. The number of anilines is 1. The average molecular weight is 745 g/mol. The first-order valence-corrected chi connectivity index (χ1v) is 15.3. The number of nitrogens with one attached hydrogen (secondary N) is 1. The average Bonchev–Trinajstić information content (AvgIpc) is 3.60. The maximum absolute atomic E-state index is 13.6. The van der Waals surface area contributed by atoms with Crippen molar-refractivity contribution in [2.24, 2.45) is 10.2 Å². The first-order valence-electron chi connectivity index (χ1n) is 12.6. The van der Waals surface area contributed by atoms with Crippen molar-refractivity contribution in [1.29, 1.82) is 0 Å². The number of phenolic OH excluding ortho intramolecular Hbond substituents is 1. The fourth-order valence-electron chi connectivity index (χ4n) is 3.83. The highest BCUT2D eigenvalue weighted by atomic mass is 79.9. The predicted octanol–water partition coefficient (Wildman–Crippen LogP) is 7.69. The van der Waals surface area contributed by atoms with Crippen LogP contribution < -0.4 is 10.1 Å². The molecule has 1 aliphatic rings. The number of furan rings is 1. The van der Waals surface area contributed by atoms with Gasteiger partial charge in [0.2, 0.25) is 0 Å².